The first kappa shape index (κ1) is 17.9. The summed E-state index contributed by atoms with van der Waals surface area (Å²) in [6, 6.07) is 6.13. The highest BCUT2D eigenvalue weighted by atomic mass is 32.1. The Kier molecular flexibility index (Phi) is 4.78. The van der Waals surface area contributed by atoms with Crippen molar-refractivity contribution in [1.29, 1.82) is 0 Å². The molecule has 0 bridgehead atoms. The van der Waals surface area contributed by atoms with Gasteiger partial charge in [-0.2, -0.15) is 0 Å². The van der Waals surface area contributed by atoms with E-state index in [1.807, 2.05) is 4.90 Å². The molecule has 1 aliphatic heterocycles. The van der Waals surface area contributed by atoms with Gasteiger partial charge >= 0.3 is 0 Å². The standard InChI is InChI=1S/C20H21FN4OS/c1-13-14(2)27-20-18(13)19(22-12-23-20)25-9-7-24(8-10-25)17(26)11-15-3-5-16(21)6-4-15/h3-6,12H,7-11H2,1-2H3. The molecule has 7 heteroatoms. The number of thiophene rings is 1. The van der Waals surface area contributed by atoms with Gasteiger partial charge < -0.3 is 9.80 Å². The Hall–Kier alpha value is -2.54. The van der Waals surface area contributed by atoms with E-state index in [1.54, 1.807) is 29.8 Å². The summed E-state index contributed by atoms with van der Waals surface area (Å²) in [5.41, 5.74) is 2.08. The molecule has 1 aromatic carbocycles. The molecule has 3 aromatic rings. The van der Waals surface area contributed by atoms with Crippen LogP contribution in [0.4, 0.5) is 10.2 Å². The highest BCUT2D eigenvalue weighted by molar-refractivity contribution is 7.18. The molecule has 2 aromatic heterocycles. The molecule has 1 saturated heterocycles. The maximum Gasteiger partial charge on any atom is 0.227 e. The molecule has 27 heavy (non-hydrogen) atoms. The van der Waals surface area contributed by atoms with Crippen LogP contribution in [-0.2, 0) is 11.2 Å². The molecule has 1 amide bonds. The van der Waals surface area contributed by atoms with Crippen molar-refractivity contribution in [2.24, 2.45) is 0 Å². The molecule has 1 aliphatic rings. The maximum absolute atomic E-state index is 13.0. The van der Waals surface area contributed by atoms with Crippen LogP contribution in [0.3, 0.4) is 0 Å². The molecule has 3 heterocycles. The molecule has 0 N–H and O–H groups in total. The van der Waals surface area contributed by atoms with E-state index in [0.717, 1.165) is 34.7 Å². The molecule has 1 fully saturated rings. The van der Waals surface area contributed by atoms with E-state index in [4.69, 9.17) is 0 Å². The number of aryl methyl sites for hydroxylation is 2. The van der Waals surface area contributed by atoms with Crippen molar-refractivity contribution >= 4 is 33.3 Å². The van der Waals surface area contributed by atoms with E-state index in [-0.39, 0.29) is 11.7 Å². The fourth-order valence-electron chi connectivity index (χ4n) is 3.46. The van der Waals surface area contributed by atoms with Crippen LogP contribution in [0, 0.1) is 19.7 Å². The highest BCUT2D eigenvalue weighted by Gasteiger charge is 2.24. The average molecular weight is 384 g/mol. The molecule has 4 rings (SSSR count). The zero-order valence-corrected chi connectivity index (χ0v) is 16.2. The second kappa shape index (κ2) is 7.23. The highest BCUT2D eigenvalue weighted by Crippen LogP contribution is 2.34. The monoisotopic (exact) mass is 384 g/mol. The molecule has 0 spiro atoms. The number of fused-ring (bicyclic) bond motifs is 1. The lowest BCUT2D eigenvalue weighted by molar-refractivity contribution is -0.130. The average Bonchev–Trinajstić information content (AvgIpc) is 2.98. The normalized spacial score (nSPS) is 14.8. The first-order valence-electron chi connectivity index (χ1n) is 9.01. The van der Waals surface area contributed by atoms with Crippen LogP contribution in [-0.4, -0.2) is 47.0 Å². The Morgan fingerprint density at radius 3 is 2.52 bits per heavy atom. The topological polar surface area (TPSA) is 49.3 Å². The number of carbonyl (C=O) groups excluding carboxylic acids is 1. The smallest absolute Gasteiger partial charge is 0.227 e. The Bertz CT molecular complexity index is 978. The Morgan fingerprint density at radius 1 is 1.11 bits per heavy atom. The molecule has 0 saturated carbocycles. The van der Waals surface area contributed by atoms with Crippen molar-refractivity contribution in [3.05, 3.63) is 52.4 Å². The van der Waals surface area contributed by atoms with E-state index in [1.165, 1.54) is 22.6 Å². The van der Waals surface area contributed by atoms with Gasteiger partial charge in [0, 0.05) is 31.1 Å². The van der Waals surface area contributed by atoms with E-state index >= 15 is 0 Å². The summed E-state index contributed by atoms with van der Waals surface area (Å²) in [6.07, 6.45) is 1.93. The molecular weight excluding hydrogens is 363 g/mol. The number of rotatable bonds is 3. The third-order valence-corrected chi connectivity index (χ3v) is 6.26. The number of amides is 1. The number of benzene rings is 1. The van der Waals surface area contributed by atoms with Crippen molar-refractivity contribution in [2.45, 2.75) is 20.3 Å². The molecule has 0 radical (unpaired) electrons. The van der Waals surface area contributed by atoms with Crippen LogP contribution in [0.15, 0.2) is 30.6 Å². The minimum Gasteiger partial charge on any atom is -0.352 e. The van der Waals surface area contributed by atoms with Crippen molar-refractivity contribution in [3.63, 3.8) is 0 Å². The summed E-state index contributed by atoms with van der Waals surface area (Å²) < 4.78 is 13.0. The summed E-state index contributed by atoms with van der Waals surface area (Å²) in [5, 5.41) is 1.13. The lowest BCUT2D eigenvalue weighted by atomic mass is 10.1. The maximum atomic E-state index is 13.0. The van der Waals surface area contributed by atoms with Crippen molar-refractivity contribution in [2.75, 3.05) is 31.1 Å². The fourth-order valence-corrected chi connectivity index (χ4v) is 4.45. The summed E-state index contributed by atoms with van der Waals surface area (Å²) in [5.74, 6) is 0.763. The molecule has 5 nitrogen and oxygen atoms in total. The Labute approximate surface area is 161 Å². The number of halogens is 1. The number of hydrogen-bond donors (Lipinski definition) is 0. The fraction of sp³-hybridized carbons (Fsp3) is 0.350. The number of aromatic nitrogens is 2. The number of hydrogen-bond acceptors (Lipinski definition) is 5. The SMILES string of the molecule is Cc1sc2ncnc(N3CCN(C(=O)Cc4ccc(F)cc4)CC3)c2c1C. The largest absolute Gasteiger partial charge is 0.352 e. The van der Waals surface area contributed by atoms with Crippen LogP contribution < -0.4 is 4.90 Å². The second-order valence-electron chi connectivity index (χ2n) is 6.83. The molecule has 0 aliphatic carbocycles. The van der Waals surface area contributed by atoms with Gasteiger partial charge in [0.05, 0.1) is 11.8 Å². The summed E-state index contributed by atoms with van der Waals surface area (Å²) in [4.78, 5) is 27.9. The van der Waals surface area contributed by atoms with E-state index in [0.29, 0.717) is 19.5 Å². The van der Waals surface area contributed by atoms with Crippen LogP contribution in [0.2, 0.25) is 0 Å². The summed E-state index contributed by atoms with van der Waals surface area (Å²) in [7, 11) is 0. The zero-order chi connectivity index (χ0) is 19.0. The molecule has 0 atom stereocenters. The predicted octanol–water partition coefficient (Wildman–Crippen LogP) is 3.34. The van der Waals surface area contributed by atoms with E-state index in [9.17, 15) is 9.18 Å². The molecule has 0 unspecified atom stereocenters. The summed E-state index contributed by atoms with van der Waals surface area (Å²) >= 11 is 1.70. The lowest BCUT2D eigenvalue weighted by Crippen LogP contribution is -2.49. The molecular formula is C20H21FN4OS. The Morgan fingerprint density at radius 2 is 1.81 bits per heavy atom. The molecule has 140 valence electrons. The van der Waals surface area contributed by atoms with Gasteiger partial charge in [-0.25, -0.2) is 14.4 Å². The van der Waals surface area contributed by atoms with Crippen LogP contribution in [0.1, 0.15) is 16.0 Å². The predicted molar refractivity (Wildman–Crippen MR) is 106 cm³/mol. The van der Waals surface area contributed by atoms with E-state index < -0.39 is 0 Å². The van der Waals surface area contributed by atoms with Crippen molar-refractivity contribution in [3.8, 4) is 0 Å². The third kappa shape index (κ3) is 3.51. The van der Waals surface area contributed by atoms with Gasteiger partial charge in [0.1, 0.15) is 22.8 Å². The lowest BCUT2D eigenvalue weighted by Gasteiger charge is -2.35. The first-order chi connectivity index (χ1) is 13.0. The van der Waals surface area contributed by atoms with Gasteiger partial charge in [0.2, 0.25) is 5.91 Å². The van der Waals surface area contributed by atoms with Gasteiger partial charge in [0.15, 0.2) is 0 Å². The van der Waals surface area contributed by atoms with Crippen molar-refractivity contribution in [1.82, 2.24) is 14.9 Å². The quantitative estimate of drug-likeness (QED) is 0.695. The Balaban J connectivity index is 1.45. The minimum absolute atomic E-state index is 0.0802. The van der Waals surface area contributed by atoms with Gasteiger partial charge in [0.25, 0.3) is 0 Å². The first-order valence-corrected chi connectivity index (χ1v) is 9.82. The van der Waals surface area contributed by atoms with Gasteiger partial charge in [-0.05, 0) is 37.1 Å². The van der Waals surface area contributed by atoms with E-state index in [2.05, 4.69) is 28.7 Å². The van der Waals surface area contributed by atoms with Crippen molar-refractivity contribution < 1.29 is 9.18 Å². The number of carbonyl (C=O) groups is 1. The summed E-state index contributed by atoms with van der Waals surface area (Å²) in [6.45, 7) is 7.04. The number of nitrogens with zero attached hydrogens (tertiary/aromatic N) is 4. The second-order valence-corrected chi connectivity index (χ2v) is 8.03. The third-order valence-electron chi connectivity index (χ3n) is 5.15. The zero-order valence-electron chi connectivity index (χ0n) is 15.4. The van der Waals surface area contributed by atoms with Gasteiger partial charge in [-0.1, -0.05) is 12.1 Å². The van der Waals surface area contributed by atoms with Crippen LogP contribution >= 0.6 is 11.3 Å². The minimum atomic E-state index is -0.282. The van der Waals surface area contributed by atoms with Gasteiger partial charge in [-0.3, -0.25) is 4.79 Å². The number of piperazine rings is 1. The van der Waals surface area contributed by atoms with Gasteiger partial charge in [-0.15, -0.1) is 11.3 Å². The van der Waals surface area contributed by atoms with Crippen LogP contribution in [0.25, 0.3) is 10.2 Å². The number of anilines is 1. The van der Waals surface area contributed by atoms with Crippen LogP contribution in [0.5, 0.6) is 0 Å².